The number of fused-ring (bicyclic) bond motifs is 3. The maximum Gasteiger partial charge on any atom is 0.280 e. The molecule has 3 aliphatic rings. The maximum absolute atomic E-state index is 12.2. The van der Waals surface area contributed by atoms with E-state index in [1.165, 1.54) is 11.3 Å². The summed E-state index contributed by atoms with van der Waals surface area (Å²) in [5.41, 5.74) is 0.557. The summed E-state index contributed by atoms with van der Waals surface area (Å²) in [6, 6.07) is 3.84. The number of hydrogen-bond acceptors (Lipinski definition) is 4. The zero-order valence-corrected chi connectivity index (χ0v) is 11.6. The van der Waals surface area contributed by atoms with Crippen molar-refractivity contribution in [1.82, 2.24) is 4.90 Å². The van der Waals surface area contributed by atoms with Crippen LogP contribution in [0, 0.1) is 11.3 Å². The summed E-state index contributed by atoms with van der Waals surface area (Å²) in [4.78, 5) is 14.6. The third-order valence-corrected chi connectivity index (χ3v) is 5.02. The molecule has 0 aliphatic carbocycles. The van der Waals surface area contributed by atoms with Crippen molar-refractivity contribution in [1.29, 1.82) is 5.26 Å². The van der Waals surface area contributed by atoms with Gasteiger partial charge >= 0.3 is 0 Å². The number of amides is 1. The molecule has 1 aromatic rings. The third kappa shape index (κ3) is 2.50. The number of piperazine rings is 3. The Labute approximate surface area is 116 Å². The molecule has 5 nitrogen and oxygen atoms in total. The summed E-state index contributed by atoms with van der Waals surface area (Å²) in [6.45, 7) is 7.08. The Hall–Kier alpha value is -1.42. The van der Waals surface area contributed by atoms with Crippen LogP contribution in [0.4, 0.5) is 5.00 Å². The van der Waals surface area contributed by atoms with Crippen LogP contribution < -0.4 is 5.32 Å². The van der Waals surface area contributed by atoms with Crippen molar-refractivity contribution in [2.75, 3.05) is 51.1 Å². The lowest BCUT2D eigenvalue weighted by Crippen LogP contribution is -2.68. The van der Waals surface area contributed by atoms with E-state index in [2.05, 4.69) is 16.3 Å². The number of nitrogens with zero attached hydrogens (tertiary/aromatic N) is 3. The molecule has 0 radical (unpaired) electrons. The average molecular weight is 277 g/mol. The summed E-state index contributed by atoms with van der Waals surface area (Å²) >= 11 is 1.41. The summed E-state index contributed by atoms with van der Waals surface area (Å²) in [5.74, 6) is 0.0364. The number of hydrogen-bond donors (Lipinski definition) is 1. The Morgan fingerprint density at radius 3 is 2.74 bits per heavy atom. The minimum atomic E-state index is 0.0364. The van der Waals surface area contributed by atoms with Gasteiger partial charge in [0.25, 0.3) is 5.91 Å². The highest BCUT2D eigenvalue weighted by atomic mass is 32.1. The van der Waals surface area contributed by atoms with Crippen LogP contribution in [-0.4, -0.2) is 61.1 Å². The van der Waals surface area contributed by atoms with Gasteiger partial charge in [0.05, 0.1) is 25.2 Å². The van der Waals surface area contributed by atoms with Crippen LogP contribution in [0.5, 0.6) is 0 Å². The van der Waals surface area contributed by atoms with Crippen molar-refractivity contribution in [3.63, 3.8) is 0 Å². The molecule has 1 N–H and O–H groups in total. The fourth-order valence-corrected chi connectivity index (χ4v) is 3.69. The molecule has 4 heterocycles. The lowest BCUT2D eigenvalue weighted by Gasteiger charge is -2.50. The minimum absolute atomic E-state index is 0.0364. The lowest BCUT2D eigenvalue weighted by atomic mass is 10.1. The van der Waals surface area contributed by atoms with E-state index in [1.54, 1.807) is 6.07 Å². The van der Waals surface area contributed by atoms with E-state index in [-0.39, 0.29) is 5.91 Å². The average Bonchev–Trinajstić information content (AvgIpc) is 2.87. The Morgan fingerprint density at radius 2 is 2.11 bits per heavy atom. The molecule has 0 saturated carbocycles. The molecular weight excluding hydrogens is 260 g/mol. The Morgan fingerprint density at radius 1 is 1.42 bits per heavy atom. The number of carbonyl (C=O) groups is 1. The second kappa shape index (κ2) is 4.93. The van der Waals surface area contributed by atoms with Gasteiger partial charge in [0.1, 0.15) is 11.1 Å². The molecule has 3 fully saturated rings. The van der Waals surface area contributed by atoms with E-state index in [4.69, 9.17) is 5.26 Å². The first kappa shape index (κ1) is 12.6. The van der Waals surface area contributed by atoms with Crippen LogP contribution in [0.1, 0.15) is 5.56 Å². The fourth-order valence-electron chi connectivity index (χ4n) is 2.93. The Bertz CT molecular complexity index is 511. The van der Waals surface area contributed by atoms with E-state index in [9.17, 15) is 4.79 Å². The predicted molar refractivity (Wildman–Crippen MR) is 73.8 cm³/mol. The third-order valence-electron chi connectivity index (χ3n) is 4.19. The number of rotatable bonds is 3. The topological polar surface area (TPSA) is 56.1 Å². The summed E-state index contributed by atoms with van der Waals surface area (Å²) < 4.78 is 0.912. The first-order valence-corrected chi connectivity index (χ1v) is 7.44. The van der Waals surface area contributed by atoms with Gasteiger partial charge in [-0.05, 0) is 11.4 Å². The molecule has 19 heavy (non-hydrogen) atoms. The zero-order chi connectivity index (χ0) is 13.3. The molecule has 0 unspecified atom stereocenters. The SMILES string of the molecule is N#Cc1ccsc1NC(=O)C[N+]12CCN(CC1)CC2. The molecule has 1 amide bonds. The zero-order valence-electron chi connectivity index (χ0n) is 10.8. The first-order chi connectivity index (χ1) is 9.21. The van der Waals surface area contributed by atoms with Gasteiger partial charge in [0.15, 0.2) is 6.54 Å². The molecule has 4 rings (SSSR count). The quantitative estimate of drug-likeness (QED) is 0.828. The highest BCUT2D eigenvalue weighted by Crippen LogP contribution is 2.23. The molecule has 0 spiro atoms. The molecule has 0 aromatic carbocycles. The van der Waals surface area contributed by atoms with Gasteiger partial charge < -0.3 is 9.80 Å². The number of thiophene rings is 1. The molecule has 1 aromatic heterocycles. The van der Waals surface area contributed by atoms with E-state index >= 15 is 0 Å². The van der Waals surface area contributed by atoms with Crippen LogP contribution in [-0.2, 0) is 4.79 Å². The van der Waals surface area contributed by atoms with Gasteiger partial charge in [-0.2, -0.15) is 5.26 Å². The van der Waals surface area contributed by atoms with Gasteiger partial charge in [-0.25, -0.2) is 0 Å². The molecule has 6 heteroatoms. The van der Waals surface area contributed by atoms with E-state index in [1.807, 2.05) is 5.38 Å². The van der Waals surface area contributed by atoms with Gasteiger partial charge in [-0.15, -0.1) is 11.3 Å². The molecule has 3 saturated heterocycles. The molecule has 0 atom stereocenters. The van der Waals surface area contributed by atoms with E-state index in [0.29, 0.717) is 17.1 Å². The largest absolute Gasteiger partial charge is 0.313 e. The van der Waals surface area contributed by atoms with Crippen LogP contribution in [0.2, 0.25) is 0 Å². The van der Waals surface area contributed by atoms with Crippen LogP contribution in [0.15, 0.2) is 11.4 Å². The van der Waals surface area contributed by atoms with E-state index in [0.717, 1.165) is 43.8 Å². The second-order valence-electron chi connectivity index (χ2n) is 5.34. The Balaban J connectivity index is 1.64. The van der Waals surface area contributed by atoms with Gasteiger partial charge in [0.2, 0.25) is 0 Å². The fraction of sp³-hybridized carbons (Fsp3) is 0.538. The minimum Gasteiger partial charge on any atom is -0.313 e. The maximum atomic E-state index is 12.2. The lowest BCUT2D eigenvalue weighted by molar-refractivity contribution is -0.933. The van der Waals surface area contributed by atoms with Gasteiger partial charge in [-0.3, -0.25) is 9.69 Å². The number of carbonyl (C=O) groups excluding carboxylic acids is 1. The van der Waals surface area contributed by atoms with Crippen molar-refractivity contribution in [3.05, 3.63) is 17.0 Å². The molecule has 3 aliphatic heterocycles. The second-order valence-corrected chi connectivity index (χ2v) is 6.25. The number of quaternary nitrogens is 1. The number of nitriles is 1. The first-order valence-electron chi connectivity index (χ1n) is 6.56. The van der Waals surface area contributed by atoms with Gasteiger partial charge in [-0.1, -0.05) is 0 Å². The normalized spacial score (nSPS) is 28.9. The summed E-state index contributed by atoms with van der Waals surface area (Å²) in [7, 11) is 0. The number of nitrogens with one attached hydrogen (secondary N) is 1. The monoisotopic (exact) mass is 277 g/mol. The van der Waals surface area contributed by atoms with Gasteiger partial charge in [0, 0.05) is 19.6 Å². The molecular formula is C13H17N4OS+. The van der Waals surface area contributed by atoms with Crippen LogP contribution in [0.3, 0.4) is 0 Å². The van der Waals surface area contributed by atoms with Crippen LogP contribution in [0.25, 0.3) is 0 Å². The van der Waals surface area contributed by atoms with E-state index < -0.39 is 0 Å². The molecule has 100 valence electrons. The van der Waals surface area contributed by atoms with Crippen molar-refractivity contribution in [3.8, 4) is 6.07 Å². The Kier molecular flexibility index (Phi) is 3.27. The van der Waals surface area contributed by atoms with Crippen molar-refractivity contribution in [2.45, 2.75) is 0 Å². The van der Waals surface area contributed by atoms with Crippen molar-refractivity contribution in [2.24, 2.45) is 0 Å². The smallest absolute Gasteiger partial charge is 0.280 e. The van der Waals surface area contributed by atoms with Crippen molar-refractivity contribution < 1.29 is 9.28 Å². The predicted octanol–water partition coefficient (Wildman–Crippen LogP) is 0.704. The number of anilines is 1. The standard InChI is InChI=1S/C13H16N4OS/c14-9-11-1-8-19-13(11)15-12(18)10-17-5-2-16(3-6-17)4-7-17/h1,8H,2-7,10H2/p+1. The summed E-state index contributed by atoms with van der Waals surface area (Å²) in [6.07, 6.45) is 0. The van der Waals surface area contributed by atoms with Crippen LogP contribution >= 0.6 is 11.3 Å². The molecule has 2 bridgehead atoms. The van der Waals surface area contributed by atoms with Crippen molar-refractivity contribution >= 4 is 22.2 Å². The highest BCUT2D eigenvalue weighted by molar-refractivity contribution is 7.14. The summed E-state index contributed by atoms with van der Waals surface area (Å²) in [5, 5.41) is 14.3. The highest BCUT2D eigenvalue weighted by Gasteiger charge is 2.39.